The SMILES string of the molecule is Cc1ccc(F)c(C(N)c2ccccc2C(F)(F)F)c1. The van der Waals surface area contributed by atoms with E-state index in [1.54, 1.807) is 13.0 Å². The molecule has 2 aromatic carbocycles. The van der Waals surface area contributed by atoms with Gasteiger partial charge in [-0.25, -0.2) is 4.39 Å². The topological polar surface area (TPSA) is 26.0 Å². The molecule has 2 aromatic rings. The second-order valence-electron chi connectivity index (χ2n) is 4.59. The third kappa shape index (κ3) is 2.82. The van der Waals surface area contributed by atoms with Crippen molar-refractivity contribution in [3.8, 4) is 0 Å². The van der Waals surface area contributed by atoms with Gasteiger partial charge < -0.3 is 5.73 Å². The second-order valence-corrected chi connectivity index (χ2v) is 4.59. The molecule has 0 aliphatic carbocycles. The van der Waals surface area contributed by atoms with Gasteiger partial charge in [0.2, 0.25) is 0 Å². The van der Waals surface area contributed by atoms with E-state index >= 15 is 0 Å². The molecule has 0 saturated carbocycles. The lowest BCUT2D eigenvalue weighted by atomic mass is 9.93. The van der Waals surface area contributed by atoms with E-state index in [1.807, 2.05) is 0 Å². The highest BCUT2D eigenvalue weighted by atomic mass is 19.4. The molecule has 5 heteroatoms. The smallest absolute Gasteiger partial charge is 0.320 e. The van der Waals surface area contributed by atoms with Crippen molar-refractivity contribution in [3.63, 3.8) is 0 Å². The fourth-order valence-corrected chi connectivity index (χ4v) is 2.10. The Hall–Kier alpha value is -1.88. The molecular formula is C15H13F4N. The number of hydrogen-bond donors (Lipinski definition) is 1. The summed E-state index contributed by atoms with van der Waals surface area (Å²) < 4.78 is 52.6. The minimum atomic E-state index is -4.52. The Kier molecular flexibility index (Phi) is 3.81. The molecule has 0 fully saturated rings. The second kappa shape index (κ2) is 5.25. The van der Waals surface area contributed by atoms with E-state index in [-0.39, 0.29) is 11.1 Å². The molecule has 0 spiro atoms. The van der Waals surface area contributed by atoms with Crippen LogP contribution in [0.3, 0.4) is 0 Å². The van der Waals surface area contributed by atoms with Crippen molar-refractivity contribution in [1.82, 2.24) is 0 Å². The molecule has 1 atom stereocenters. The summed E-state index contributed by atoms with van der Waals surface area (Å²) in [5.41, 5.74) is 5.66. The van der Waals surface area contributed by atoms with Gasteiger partial charge in [0, 0.05) is 5.56 Å². The summed E-state index contributed by atoms with van der Waals surface area (Å²) in [6, 6.07) is 8.02. The Morgan fingerprint density at radius 1 is 1.00 bits per heavy atom. The van der Waals surface area contributed by atoms with Gasteiger partial charge >= 0.3 is 6.18 Å². The summed E-state index contributed by atoms with van der Waals surface area (Å²) in [5.74, 6) is -0.611. The highest BCUT2D eigenvalue weighted by Gasteiger charge is 2.34. The van der Waals surface area contributed by atoms with E-state index in [0.717, 1.165) is 11.6 Å². The fourth-order valence-electron chi connectivity index (χ4n) is 2.10. The molecule has 0 amide bonds. The maximum absolute atomic E-state index is 13.8. The van der Waals surface area contributed by atoms with Crippen molar-refractivity contribution >= 4 is 0 Å². The zero-order valence-electron chi connectivity index (χ0n) is 10.7. The van der Waals surface area contributed by atoms with Crippen molar-refractivity contribution in [2.45, 2.75) is 19.1 Å². The molecule has 106 valence electrons. The van der Waals surface area contributed by atoms with Gasteiger partial charge in [0.15, 0.2) is 0 Å². The minimum Gasteiger partial charge on any atom is -0.320 e. The zero-order chi connectivity index (χ0) is 14.9. The molecule has 0 aliphatic heterocycles. The van der Waals surface area contributed by atoms with Crippen molar-refractivity contribution in [3.05, 3.63) is 70.5 Å². The molecule has 0 heterocycles. The Bertz CT molecular complexity index is 620. The van der Waals surface area contributed by atoms with Gasteiger partial charge in [0.05, 0.1) is 11.6 Å². The molecule has 0 radical (unpaired) electrons. The first-order valence-electron chi connectivity index (χ1n) is 5.98. The van der Waals surface area contributed by atoms with Crippen LogP contribution < -0.4 is 5.73 Å². The van der Waals surface area contributed by atoms with Crippen molar-refractivity contribution in [1.29, 1.82) is 0 Å². The monoisotopic (exact) mass is 283 g/mol. The Labute approximate surface area is 114 Å². The number of hydrogen-bond acceptors (Lipinski definition) is 1. The van der Waals surface area contributed by atoms with Gasteiger partial charge in [0.25, 0.3) is 0 Å². The lowest BCUT2D eigenvalue weighted by Gasteiger charge is -2.19. The predicted molar refractivity (Wildman–Crippen MR) is 68.6 cm³/mol. The van der Waals surface area contributed by atoms with Crippen LogP contribution in [0, 0.1) is 12.7 Å². The largest absolute Gasteiger partial charge is 0.416 e. The van der Waals surface area contributed by atoms with Gasteiger partial charge in [-0.1, -0.05) is 35.9 Å². The maximum atomic E-state index is 13.8. The van der Waals surface area contributed by atoms with E-state index in [9.17, 15) is 17.6 Å². The first kappa shape index (κ1) is 14.5. The first-order chi connectivity index (χ1) is 9.30. The maximum Gasteiger partial charge on any atom is 0.416 e. The highest BCUT2D eigenvalue weighted by Crippen LogP contribution is 2.36. The van der Waals surface area contributed by atoms with E-state index in [1.165, 1.54) is 30.3 Å². The minimum absolute atomic E-state index is 0.0571. The number of rotatable bonds is 2. The Morgan fingerprint density at radius 3 is 2.30 bits per heavy atom. The van der Waals surface area contributed by atoms with E-state index in [2.05, 4.69) is 0 Å². The molecule has 1 unspecified atom stereocenters. The van der Waals surface area contributed by atoms with Crippen LogP contribution in [0.15, 0.2) is 42.5 Å². The summed E-state index contributed by atoms with van der Waals surface area (Å²) in [5, 5.41) is 0. The van der Waals surface area contributed by atoms with Crippen LogP contribution in [-0.4, -0.2) is 0 Å². The molecule has 1 nitrogen and oxygen atoms in total. The lowest BCUT2D eigenvalue weighted by Crippen LogP contribution is -2.19. The van der Waals surface area contributed by atoms with E-state index < -0.39 is 23.6 Å². The van der Waals surface area contributed by atoms with Gasteiger partial charge in [-0.2, -0.15) is 13.2 Å². The van der Waals surface area contributed by atoms with Crippen LogP contribution in [0.5, 0.6) is 0 Å². The third-order valence-corrected chi connectivity index (χ3v) is 3.09. The van der Waals surface area contributed by atoms with Crippen LogP contribution >= 0.6 is 0 Å². The standard InChI is InChI=1S/C15H13F4N/c1-9-6-7-13(16)11(8-9)14(20)10-4-2-3-5-12(10)15(17,18)19/h2-8,14H,20H2,1H3. The van der Waals surface area contributed by atoms with E-state index in [4.69, 9.17) is 5.73 Å². The molecule has 2 rings (SSSR count). The van der Waals surface area contributed by atoms with Crippen LogP contribution in [0.25, 0.3) is 0 Å². The molecule has 20 heavy (non-hydrogen) atoms. The Morgan fingerprint density at radius 2 is 1.65 bits per heavy atom. The van der Waals surface area contributed by atoms with Crippen molar-refractivity contribution in [2.75, 3.05) is 0 Å². The average molecular weight is 283 g/mol. The lowest BCUT2D eigenvalue weighted by molar-refractivity contribution is -0.138. The molecular weight excluding hydrogens is 270 g/mol. The summed E-state index contributed by atoms with van der Waals surface area (Å²) in [6.07, 6.45) is -4.52. The molecule has 0 aliphatic rings. The molecule has 0 saturated heterocycles. The predicted octanol–water partition coefficient (Wildman–Crippen LogP) is 4.20. The zero-order valence-corrected chi connectivity index (χ0v) is 10.7. The third-order valence-electron chi connectivity index (χ3n) is 3.09. The molecule has 0 bridgehead atoms. The number of nitrogens with two attached hydrogens (primary N) is 1. The average Bonchev–Trinajstić information content (AvgIpc) is 2.40. The van der Waals surface area contributed by atoms with Crippen LogP contribution in [0.1, 0.15) is 28.3 Å². The van der Waals surface area contributed by atoms with Crippen molar-refractivity contribution < 1.29 is 17.6 Å². The van der Waals surface area contributed by atoms with Crippen LogP contribution in [-0.2, 0) is 6.18 Å². The van der Waals surface area contributed by atoms with Crippen molar-refractivity contribution in [2.24, 2.45) is 5.73 Å². The quantitative estimate of drug-likeness (QED) is 0.821. The van der Waals surface area contributed by atoms with Gasteiger partial charge in [-0.15, -0.1) is 0 Å². The summed E-state index contributed by atoms with van der Waals surface area (Å²) in [6.45, 7) is 1.73. The molecule has 2 N–H and O–H groups in total. The number of halogens is 4. The van der Waals surface area contributed by atoms with Gasteiger partial charge in [-0.3, -0.25) is 0 Å². The molecule has 0 aromatic heterocycles. The fraction of sp³-hybridized carbons (Fsp3) is 0.200. The number of aryl methyl sites for hydroxylation is 1. The normalized spacial score (nSPS) is 13.3. The summed E-state index contributed by atoms with van der Waals surface area (Å²) in [4.78, 5) is 0. The number of alkyl halides is 3. The Balaban J connectivity index is 2.54. The van der Waals surface area contributed by atoms with E-state index in [0.29, 0.717) is 0 Å². The summed E-state index contributed by atoms with van der Waals surface area (Å²) in [7, 11) is 0. The van der Waals surface area contributed by atoms with Gasteiger partial charge in [0.1, 0.15) is 5.82 Å². The van der Waals surface area contributed by atoms with Crippen LogP contribution in [0.2, 0.25) is 0 Å². The number of benzene rings is 2. The first-order valence-corrected chi connectivity index (χ1v) is 5.98. The summed E-state index contributed by atoms with van der Waals surface area (Å²) >= 11 is 0. The highest BCUT2D eigenvalue weighted by molar-refractivity contribution is 5.40. The van der Waals surface area contributed by atoms with Crippen LogP contribution in [0.4, 0.5) is 17.6 Å². The van der Waals surface area contributed by atoms with Gasteiger partial charge in [-0.05, 0) is 24.6 Å².